The second-order valence-corrected chi connectivity index (χ2v) is 2.57. The van der Waals surface area contributed by atoms with Crippen LogP contribution >= 0.6 is 0 Å². The average molecular weight is 174 g/mol. The lowest BCUT2D eigenvalue weighted by atomic mass is 10.3. The van der Waals surface area contributed by atoms with Gasteiger partial charge in [-0.2, -0.15) is 0 Å². The molecule has 0 rings (SSSR count). The number of Topliss-reactive ketones (excluding diaryl/α,β-unsaturated/α-hetero) is 1. The summed E-state index contributed by atoms with van der Waals surface area (Å²) in [6.07, 6.45) is -0.131. The Bertz CT molecular complexity index is 164. The Hall–Kier alpha value is -0.900. The van der Waals surface area contributed by atoms with Crippen LogP contribution in [0.15, 0.2) is 0 Å². The van der Waals surface area contributed by atoms with Gasteiger partial charge in [-0.05, 0) is 20.3 Å². The molecule has 0 aliphatic carbocycles. The predicted molar refractivity (Wildman–Crippen MR) is 42.6 cm³/mol. The fourth-order valence-electron chi connectivity index (χ4n) is 0.562. The molecule has 0 saturated heterocycles. The van der Waals surface area contributed by atoms with E-state index in [4.69, 9.17) is 9.84 Å². The van der Waals surface area contributed by atoms with Crippen molar-refractivity contribution in [2.45, 2.75) is 32.8 Å². The van der Waals surface area contributed by atoms with E-state index in [0.29, 0.717) is 6.42 Å². The molecule has 1 N–H and O–H groups in total. The van der Waals surface area contributed by atoms with E-state index in [1.54, 1.807) is 0 Å². The molecular weight excluding hydrogens is 160 g/mol. The Morgan fingerprint density at radius 3 is 2.50 bits per heavy atom. The molecule has 0 aromatic carbocycles. The molecule has 0 heterocycles. The number of ether oxygens (including phenoxy) is 1. The van der Waals surface area contributed by atoms with Crippen LogP contribution in [0.1, 0.15) is 26.7 Å². The maximum atomic E-state index is 10.8. The lowest BCUT2D eigenvalue weighted by Crippen LogP contribution is -2.21. The Balaban J connectivity index is 3.61. The number of esters is 1. The number of aliphatic hydroxyl groups is 1. The lowest BCUT2D eigenvalue weighted by Gasteiger charge is -2.08. The summed E-state index contributed by atoms with van der Waals surface area (Å²) in [5, 5.41) is 8.38. The second kappa shape index (κ2) is 5.71. The first-order valence-corrected chi connectivity index (χ1v) is 3.88. The molecule has 0 amide bonds. The highest BCUT2D eigenvalue weighted by molar-refractivity contribution is 5.83. The third-order valence-electron chi connectivity index (χ3n) is 1.42. The first-order chi connectivity index (χ1) is 5.57. The molecular formula is C8H14O4. The van der Waals surface area contributed by atoms with Gasteiger partial charge in [0.05, 0.1) is 0 Å². The van der Waals surface area contributed by atoms with Gasteiger partial charge in [-0.25, -0.2) is 0 Å². The molecule has 0 aromatic rings. The van der Waals surface area contributed by atoms with E-state index in [1.165, 1.54) is 13.8 Å². The molecule has 70 valence electrons. The largest absolute Gasteiger partial charge is 0.455 e. The van der Waals surface area contributed by atoms with Crippen molar-refractivity contribution >= 4 is 11.8 Å². The van der Waals surface area contributed by atoms with Crippen molar-refractivity contribution in [2.75, 3.05) is 6.61 Å². The van der Waals surface area contributed by atoms with Crippen molar-refractivity contribution < 1.29 is 19.4 Å². The average Bonchev–Trinajstić information content (AvgIpc) is 2.00. The van der Waals surface area contributed by atoms with Gasteiger partial charge in [0.1, 0.15) is 0 Å². The summed E-state index contributed by atoms with van der Waals surface area (Å²) in [6, 6.07) is 0. The zero-order valence-corrected chi connectivity index (χ0v) is 7.37. The van der Waals surface area contributed by atoms with Crippen molar-refractivity contribution in [3.63, 3.8) is 0 Å². The molecule has 0 aromatic heterocycles. The van der Waals surface area contributed by atoms with E-state index in [-0.39, 0.29) is 18.8 Å². The van der Waals surface area contributed by atoms with Crippen molar-refractivity contribution in [3.05, 3.63) is 0 Å². The van der Waals surface area contributed by atoms with Gasteiger partial charge in [0.25, 0.3) is 0 Å². The number of ketones is 1. The highest BCUT2D eigenvalue weighted by atomic mass is 16.5. The minimum atomic E-state index is -0.670. The molecule has 0 aliphatic rings. The monoisotopic (exact) mass is 174 g/mol. The van der Waals surface area contributed by atoms with Crippen molar-refractivity contribution in [3.8, 4) is 0 Å². The van der Waals surface area contributed by atoms with E-state index in [0.717, 1.165) is 0 Å². The lowest BCUT2D eigenvalue weighted by molar-refractivity contribution is -0.153. The van der Waals surface area contributed by atoms with Gasteiger partial charge in [-0.1, -0.05) is 0 Å². The van der Waals surface area contributed by atoms with Crippen LogP contribution < -0.4 is 0 Å². The fourth-order valence-corrected chi connectivity index (χ4v) is 0.562. The van der Waals surface area contributed by atoms with Gasteiger partial charge >= 0.3 is 5.97 Å². The maximum Gasteiger partial charge on any atom is 0.306 e. The Labute approximate surface area is 71.5 Å². The highest BCUT2D eigenvalue weighted by Gasteiger charge is 2.12. The standard InChI is InChI=1S/C8H14O4/c1-6(10)7(2)12-8(11)4-3-5-9/h7,9H,3-5H2,1-2H3/t7-/m0/s1. The van der Waals surface area contributed by atoms with Crippen molar-refractivity contribution in [1.29, 1.82) is 0 Å². The Kier molecular flexibility index (Phi) is 5.28. The molecule has 0 spiro atoms. The van der Waals surface area contributed by atoms with Gasteiger partial charge in [0.15, 0.2) is 11.9 Å². The molecule has 1 atom stereocenters. The first-order valence-electron chi connectivity index (χ1n) is 3.88. The van der Waals surface area contributed by atoms with E-state index in [1.807, 2.05) is 0 Å². The predicted octanol–water partition coefficient (Wildman–Crippen LogP) is 0.280. The highest BCUT2D eigenvalue weighted by Crippen LogP contribution is 1.97. The normalized spacial score (nSPS) is 12.2. The summed E-state index contributed by atoms with van der Waals surface area (Å²) in [7, 11) is 0. The topological polar surface area (TPSA) is 63.6 Å². The second-order valence-electron chi connectivity index (χ2n) is 2.57. The third-order valence-corrected chi connectivity index (χ3v) is 1.42. The molecule has 0 aliphatic heterocycles. The van der Waals surface area contributed by atoms with Crippen LogP contribution in [-0.2, 0) is 14.3 Å². The van der Waals surface area contributed by atoms with E-state index >= 15 is 0 Å². The van der Waals surface area contributed by atoms with Gasteiger partial charge in [-0.15, -0.1) is 0 Å². The first kappa shape index (κ1) is 11.1. The molecule has 0 radical (unpaired) electrons. The summed E-state index contributed by atoms with van der Waals surface area (Å²) in [5.74, 6) is -0.612. The Morgan fingerprint density at radius 2 is 2.08 bits per heavy atom. The number of carbonyl (C=O) groups is 2. The van der Waals surface area contributed by atoms with Gasteiger partial charge < -0.3 is 9.84 Å². The fraction of sp³-hybridized carbons (Fsp3) is 0.750. The molecule has 0 bridgehead atoms. The van der Waals surface area contributed by atoms with E-state index in [2.05, 4.69) is 0 Å². The minimum absolute atomic E-state index is 0.0381. The summed E-state index contributed by atoms with van der Waals surface area (Å²) in [4.78, 5) is 21.5. The van der Waals surface area contributed by atoms with Crippen LogP contribution in [0, 0.1) is 0 Å². The van der Waals surface area contributed by atoms with E-state index in [9.17, 15) is 9.59 Å². The number of carbonyl (C=O) groups excluding carboxylic acids is 2. The molecule has 4 heteroatoms. The van der Waals surface area contributed by atoms with Crippen LogP contribution in [0.5, 0.6) is 0 Å². The molecule has 0 unspecified atom stereocenters. The SMILES string of the molecule is CC(=O)[C@H](C)OC(=O)CCCO. The van der Waals surface area contributed by atoms with Crippen LogP contribution in [0.4, 0.5) is 0 Å². The molecule has 12 heavy (non-hydrogen) atoms. The summed E-state index contributed by atoms with van der Waals surface area (Å²) >= 11 is 0. The molecule has 0 fully saturated rings. The summed E-state index contributed by atoms with van der Waals surface area (Å²) in [5.41, 5.74) is 0. The number of aliphatic hydroxyl groups excluding tert-OH is 1. The summed E-state index contributed by atoms with van der Waals surface area (Å²) < 4.78 is 4.71. The van der Waals surface area contributed by atoms with Crippen LogP contribution in [0.2, 0.25) is 0 Å². The van der Waals surface area contributed by atoms with E-state index < -0.39 is 12.1 Å². The number of hydrogen-bond donors (Lipinski definition) is 1. The van der Waals surface area contributed by atoms with Crippen molar-refractivity contribution in [2.24, 2.45) is 0 Å². The van der Waals surface area contributed by atoms with Crippen LogP contribution in [0.3, 0.4) is 0 Å². The zero-order chi connectivity index (χ0) is 9.56. The van der Waals surface area contributed by atoms with Crippen molar-refractivity contribution in [1.82, 2.24) is 0 Å². The number of rotatable bonds is 5. The minimum Gasteiger partial charge on any atom is -0.455 e. The van der Waals surface area contributed by atoms with Gasteiger partial charge in [-0.3, -0.25) is 9.59 Å². The van der Waals surface area contributed by atoms with Gasteiger partial charge in [0.2, 0.25) is 0 Å². The molecule has 4 nitrogen and oxygen atoms in total. The summed E-state index contributed by atoms with van der Waals surface area (Å²) in [6.45, 7) is 2.85. The van der Waals surface area contributed by atoms with Gasteiger partial charge in [0, 0.05) is 13.0 Å². The van der Waals surface area contributed by atoms with Crippen LogP contribution in [0.25, 0.3) is 0 Å². The third kappa shape index (κ3) is 4.85. The number of hydrogen-bond acceptors (Lipinski definition) is 4. The maximum absolute atomic E-state index is 10.8. The smallest absolute Gasteiger partial charge is 0.306 e. The zero-order valence-electron chi connectivity index (χ0n) is 7.37. The quantitative estimate of drug-likeness (QED) is 0.608. The molecule has 0 saturated carbocycles. The van der Waals surface area contributed by atoms with Crippen LogP contribution in [-0.4, -0.2) is 29.6 Å². The Morgan fingerprint density at radius 1 is 1.50 bits per heavy atom.